The molecule has 0 atom stereocenters. The summed E-state index contributed by atoms with van der Waals surface area (Å²) in [6.45, 7) is 3.86. The molecule has 5 nitrogen and oxygen atoms in total. The number of rotatable bonds is 5. The monoisotopic (exact) mass is 308 g/mol. The van der Waals surface area contributed by atoms with Crippen molar-refractivity contribution in [1.29, 1.82) is 0 Å². The highest BCUT2D eigenvalue weighted by molar-refractivity contribution is 7.89. The zero-order chi connectivity index (χ0) is 15.6. The average Bonchev–Trinajstić information content (AvgIpc) is 2.39. The highest BCUT2D eigenvalue weighted by atomic mass is 32.2. The van der Waals surface area contributed by atoms with E-state index in [0.29, 0.717) is 12.0 Å². The number of nitrogens with zero attached hydrogens (tertiary/aromatic N) is 1. The van der Waals surface area contributed by atoms with Crippen molar-refractivity contribution in [1.82, 2.24) is 9.29 Å². The molecule has 0 radical (unpaired) electrons. The molecule has 0 aliphatic rings. The molecule has 1 N–H and O–H groups in total. The Morgan fingerprint density at radius 1 is 1.24 bits per heavy atom. The SMILES string of the molecule is CCCS(=O)(=O)N(C)Cc1cc2ccc(C)cc2[nH]c1=O. The third kappa shape index (κ3) is 3.51. The van der Waals surface area contributed by atoms with Crippen molar-refractivity contribution in [2.45, 2.75) is 26.8 Å². The van der Waals surface area contributed by atoms with Crippen molar-refractivity contribution >= 4 is 20.9 Å². The molecule has 0 saturated carbocycles. The Morgan fingerprint density at radius 3 is 2.62 bits per heavy atom. The molecule has 0 aliphatic heterocycles. The van der Waals surface area contributed by atoms with Crippen LogP contribution in [0.4, 0.5) is 0 Å². The molecule has 0 spiro atoms. The number of pyridine rings is 1. The summed E-state index contributed by atoms with van der Waals surface area (Å²) in [6.07, 6.45) is 0.556. The molecule has 114 valence electrons. The maximum Gasteiger partial charge on any atom is 0.252 e. The summed E-state index contributed by atoms with van der Waals surface area (Å²) in [6, 6.07) is 7.54. The van der Waals surface area contributed by atoms with Gasteiger partial charge in [-0.15, -0.1) is 0 Å². The van der Waals surface area contributed by atoms with E-state index in [9.17, 15) is 13.2 Å². The second-order valence-electron chi connectivity index (χ2n) is 5.29. The van der Waals surface area contributed by atoms with Crippen LogP contribution >= 0.6 is 0 Å². The molecule has 0 unspecified atom stereocenters. The molecular formula is C15H20N2O3S. The van der Waals surface area contributed by atoms with Crippen LogP contribution in [-0.4, -0.2) is 30.5 Å². The predicted octanol–water partition coefficient (Wildman–Crippen LogP) is 2.01. The fourth-order valence-corrected chi connectivity index (χ4v) is 3.39. The Labute approximate surface area is 124 Å². The second kappa shape index (κ2) is 5.99. The van der Waals surface area contributed by atoms with Gasteiger partial charge < -0.3 is 4.98 Å². The third-order valence-corrected chi connectivity index (χ3v) is 5.41. The number of benzene rings is 1. The molecule has 0 saturated heterocycles. The Kier molecular flexibility index (Phi) is 4.49. The summed E-state index contributed by atoms with van der Waals surface area (Å²) in [4.78, 5) is 14.9. The van der Waals surface area contributed by atoms with Crippen LogP contribution in [0.25, 0.3) is 10.9 Å². The van der Waals surface area contributed by atoms with E-state index in [4.69, 9.17) is 0 Å². The van der Waals surface area contributed by atoms with Gasteiger partial charge in [0.05, 0.1) is 5.75 Å². The standard InChI is InChI=1S/C15H20N2O3S/c1-4-7-21(19,20)17(3)10-13-9-12-6-5-11(2)8-14(12)16-15(13)18/h5-6,8-9H,4,7,10H2,1-3H3,(H,16,18). The van der Waals surface area contributed by atoms with Crippen LogP contribution in [0.3, 0.4) is 0 Å². The lowest BCUT2D eigenvalue weighted by atomic mass is 10.1. The number of sulfonamides is 1. The van der Waals surface area contributed by atoms with E-state index in [1.54, 1.807) is 6.07 Å². The first kappa shape index (κ1) is 15.7. The molecule has 1 aromatic heterocycles. The zero-order valence-corrected chi connectivity index (χ0v) is 13.3. The van der Waals surface area contributed by atoms with Gasteiger partial charge in [0.15, 0.2) is 0 Å². The molecule has 2 aromatic rings. The van der Waals surface area contributed by atoms with Gasteiger partial charge in [-0.25, -0.2) is 12.7 Å². The molecule has 0 bridgehead atoms. The number of aryl methyl sites for hydroxylation is 1. The van der Waals surface area contributed by atoms with Crippen LogP contribution < -0.4 is 5.56 Å². The van der Waals surface area contributed by atoms with Gasteiger partial charge >= 0.3 is 0 Å². The number of H-pyrrole nitrogens is 1. The van der Waals surface area contributed by atoms with Crippen LogP contribution in [0, 0.1) is 6.92 Å². The van der Waals surface area contributed by atoms with Crippen LogP contribution in [0.15, 0.2) is 29.1 Å². The number of fused-ring (bicyclic) bond motifs is 1. The van der Waals surface area contributed by atoms with Crippen LogP contribution in [0.2, 0.25) is 0 Å². The lowest BCUT2D eigenvalue weighted by Gasteiger charge is -2.16. The van der Waals surface area contributed by atoms with Gasteiger partial charge in [0, 0.05) is 24.7 Å². The highest BCUT2D eigenvalue weighted by Crippen LogP contribution is 2.14. The molecule has 21 heavy (non-hydrogen) atoms. The predicted molar refractivity (Wildman–Crippen MR) is 84.9 cm³/mol. The topological polar surface area (TPSA) is 70.2 Å². The van der Waals surface area contributed by atoms with Crippen molar-refractivity contribution in [3.05, 3.63) is 45.7 Å². The minimum Gasteiger partial charge on any atom is -0.322 e. The molecule has 1 aromatic carbocycles. The lowest BCUT2D eigenvalue weighted by Crippen LogP contribution is -2.31. The van der Waals surface area contributed by atoms with Gasteiger partial charge in [0.25, 0.3) is 5.56 Å². The normalized spacial score (nSPS) is 12.2. The van der Waals surface area contributed by atoms with Gasteiger partial charge in [0.1, 0.15) is 0 Å². The number of aromatic amines is 1. The molecule has 0 fully saturated rings. The molecular weight excluding hydrogens is 288 g/mol. The van der Waals surface area contributed by atoms with E-state index >= 15 is 0 Å². The highest BCUT2D eigenvalue weighted by Gasteiger charge is 2.18. The average molecular weight is 308 g/mol. The van der Waals surface area contributed by atoms with Crippen LogP contribution in [0.1, 0.15) is 24.5 Å². The molecule has 0 aliphatic carbocycles. The van der Waals surface area contributed by atoms with Gasteiger partial charge in [-0.1, -0.05) is 19.1 Å². The maximum absolute atomic E-state index is 12.1. The fourth-order valence-electron chi connectivity index (χ4n) is 2.23. The largest absolute Gasteiger partial charge is 0.322 e. The molecule has 2 rings (SSSR count). The van der Waals surface area contributed by atoms with E-state index < -0.39 is 10.0 Å². The summed E-state index contributed by atoms with van der Waals surface area (Å²) in [7, 11) is -1.80. The van der Waals surface area contributed by atoms with Crippen LogP contribution in [-0.2, 0) is 16.6 Å². The quantitative estimate of drug-likeness (QED) is 0.918. The summed E-state index contributed by atoms with van der Waals surface area (Å²) in [5.41, 5.74) is 2.04. The second-order valence-corrected chi connectivity index (χ2v) is 7.48. The number of hydrogen-bond donors (Lipinski definition) is 1. The third-order valence-electron chi connectivity index (χ3n) is 3.41. The molecule has 1 heterocycles. The number of nitrogens with one attached hydrogen (secondary N) is 1. The Bertz CT molecular complexity index is 809. The van der Waals surface area contributed by atoms with E-state index in [0.717, 1.165) is 16.5 Å². The Morgan fingerprint density at radius 2 is 1.95 bits per heavy atom. The van der Waals surface area contributed by atoms with E-state index in [2.05, 4.69) is 4.98 Å². The first-order valence-corrected chi connectivity index (χ1v) is 8.51. The number of aromatic nitrogens is 1. The smallest absolute Gasteiger partial charge is 0.252 e. The van der Waals surface area contributed by atoms with Crippen molar-refractivity contribution in [2.75, 3.05) is 12.8 Å². The van der Waals surface area contributed by atoms with Gasteiger partial charge in [-0.05, 0) is 36.4 Å². The van der Waals surface area contributed by atoms with Gasteiger partial charge in [-0.3, -0.25) is 4.79 Å². The van der Waals surface area contributed by atoms with Crippen molar-refractivity contribution in [2.24, 2.45) is 0 Å². The van der Waals surface area contributed by atoms with Crippen molar-refractivity contribution in [3.8, 4) is 0 Å². The van der Waals surface area contributed by atoms with Crippen molar-refractivity contribution < 1.29 is 8.42 Å². The van der Waals surface area contributed by atoms with Crippen LogP contribution in [0.5, 0.6) is 0 Å². The van der Waals surface area contributed by atoms with E-state index in [-0.39, 0.29) is 17.9 Å². The van der Waals surface area contributed by atoms with Gasteiger partial charge in [-0.2, -0.15) is 0 Å². The molecule has 6 heteroatoms. The van der Waals surface area contributed by atoms with E-state index in [1.165, 1.54) is 11.4 Å². The summed E-state index contributed by atoms with van der Waals surface area (Å²) in [5, 5.41) is 0.900. The minimum absolute atomic E-state index is 0.0848. The first-order valence-electron chi connectivity index (χ1n) is 6.90. The first-order chi connectivity index (χ1) is 9.83. The fraction of sp³-hybridized carbons (Fsp3) is 0.400. The minimum atomic E-state index is -3.30. The zero-order valence-electron chi connectivity index (χ0n) is 12.5. The molecule has 0 amide bonds. The summed E-state index contributed by atoms with van der Waals surface area (Å²) >= 11 is 0. The van der Waals surface area contributed by atoms with E-state index in [1.807, 2.05) is 32.0 Å². The number of hydrogen-bond acceptors (Lipinski definition) is 3. The summed E-state index contributed by atoms with van der Waals surface area (Å²) < 4.78 is 25.2. The lowest BCUT2D eigenvalue weighted by molar-refractivity contribution is 0.464. The Hall–Kier alpha value is -1.66. The maximum atomic E-state index is 12.1. The van der Waals surface area contributed by atoms with Crippen molar-refractivity contribution in [3.63, 3.8) is 0 Å². The Balaban J connectivity index is 2.37. The van der Waals surface area contributed by atoms with Gasteiger partial charge in [0.2, 0.25) is 10.0 Å². The summed E-state index contributed by atoms with van der Waals surface area (Å²) in [5.74, 6) is 0.0914.